The average molecular weight is 443 g/mol. The molecule has 1 aliphatic rings. The third-order valence-electron chi connectivity index (χ3n) is 2.47. The number of allylic oxidation sites excluding steroid dienone is 3. The maximum atomic E-state index is 9.67. The molecule has 2 nitrogen and oxygen atoms in total. The average Bonchev–Trinajstić information content (AvgIpc) is 2.18. The third kappa shape index (κ3) is 3.75. The molecule has 0 aromatic rings. The molecule has 0 heterocycles. The van der Waals surface area contributed by atoms with Gasteiger partial charge in [0.05, 0.1) is 6.10 Å². The van der Waals surface area contributed by atoms with Crippen LogP contribution < -0.4 is 0 Å². The Hall–Kier alpha value is -0.0681. The Morgan fingerprint density at radius 2 is 2.00 bits per heavy atom. The molecule has 84 valence electrons. The summed E-state index contributed by atoms with van der Waals surface area (Å²) in [6.45, 7) is 13.3. The molecule has 0 aromatic heterocycles. The predicted octanol–water partition coefficient (Wildman–Crippen LogP) is 1.92. The van der Waals surface area contributed by atoms with Crippen LogP contribution in [0.15, 0.2) is 41.0 Å². The molecule has 0 radical (unpaired) electrons. The Morgan fingerprint density at radius 3 is 2.50 bits per heavy atom. The minimum Gasteiger partial charge on any atom is -0.509 e. The van der Waals surface area contributed by atoms with Crippen molar-refractivity contribution in [2.45, 2.75) is 32.5 Å². The van der Waals surface area contributed by atoms with E-state index in [-0.39, 0.29) is 36.7 Å². The summed E-state index contributed by atoms with van der Waals surface area (Å²) < 4.78 is 0. The van der Waals surface area contributed by atoms with Crippen molar-refractivity contribution in [1.29, 1.82) is 0 Å². The van der Waals surface area contributed by atoms with Crippen LogP contribution in [0.5, 0.6) is 0 Å². The number of hydrogen-bond acceptors (Lipinski definition) is 2. The number of rotatable bonds is 1. The van der Waals surface area contributed by atoms with Crippen LogP contribution in [0.2, 0.25) is 0 Å². The molecule has 16 heavy (non-hydrogen) atoms. The van der Waals surface area contributed by atoms with E-state index in [4.69, 9.17) is 6.58 Å². The number of hydrogen-bond donors (Lipinski definition) is 2. The second kappa shape index (κ2) is 6.61. The van der Waals surface area contributed by atoms with E-state index in [1.54, 1.807) is 0 Å². The summed E-state index contributed by atoms with van der Waals surface area (Å²) in [4.78, 5) is 0. The molecule has 0 amide bonds. The first-order chi connectivity index (χ1) is 6.93. The van der Waals surface area contributed by atoms with Gasteiger partial charge in [0.25, 0.3) is 0 Å². The zero-order valence-electron chi connectivity index (χ0n) is 9.70. The molecule has 1 rings (SSSR count). The standard InChI is InChI=1S/C13H17O2.U/c1-8(2)5-6-11-7-12(14)10(4)13(15)9(11)3;/h4-6,12-15H,3,7H2,1-2H3;/q-1;+2/b11-6+;. The van der Waals surface area contributed by atoms with Gasteiger partial charge in [0, 0.05) is 6.10 Å². The van der Waals surface area contributed by atoms with E-state index in [2.05, 4.69) is 6.58 Å². The van der Waals surface area contributed by atoms with Crippen molar-refractivity contribution >= 4 is 0 Å². The Balaban J connectivity index is 0.00000225. The summed E-state index contributed by atoms with van der Waals surface area (Å²) in [5.74, 6) is 0. The monoisotopic (exact) mass is 443 g/mol. The second-order valence-corrected chi connectivity index (χ2v) is 4.08. The first-order valence-corrected chi connectivity index (χ1v) is 4.95. The molecule has 3 heteroatoms. The molecule has 0 aromatic carbocycles. The van der Waals surface area contributed by atoms with Crippen molar-refractivity contribution in [1.82, 2.24) is 0 Å². The SMILES string of the molecule is [CH-]=C1C(O)C/C(=C\C=C(C)C)C(=C)C1O.[U+2]. The zero-order chi connectivity index (χ0) is 11.6. The van der Waals surface area contributed by atoms with E-state index in [0.717, 1.165) is 11.1 Å². The smallest absolute Gasteiger partial charge is 0.509 e. The van der Waals surface area contributed by atoms with Gasteiger partial charge < -0.3 is 16.8 Å². The fraction of sp³-hybridized carbons (Fsp3) is 0.385. The maximum Gasteiger partial charge on any atom is 2.00 e. The molecule has 0 saturated heterocycles. The summed E-state index contributed by atoms with van der Waals surface area (Å²) in [6, 6.07) is 0. The Labute approximate surface area is 121 Å². The number of aliphatic hydroxyl groups excluding tert-OH is 2. The van der Waals surface area contributed by atoms with Gasteiger partial charge in [-0.2, -0.15) is 5.57 Å². The largest absolute Gasteiger partial charge is 2.00 e. The van der Waals surface area contributed by atoms with Gasteiger partial charge in [-0.15, -0.1) is 0 Å². The van der Waals surface area contributed by atoms with E-state index >= 15 is 0 Å². The Morgan fingerprint density at radius 1 is 1.44 bits per heavy atom. The van der Waals surface area contributed by atoms with Gasteiger partial charge in [-0.25, -0.2) is 0 Å². The molecule has 0 bridgehead atoms. The van der Waals surface area contributed by atoms with Crippen LogP contribution in [0.1, 0.15) is 20.3 Å². The Bertz CT molecular complexity index is 349. The van der Waals surface area contributed by atoms with Crippen molar-refractivity contribution in [2.24, 2.45) is 0 Å². The third-order valence-corrected chi connectivity index (χ3v) is 2.47. The summed E-state index contributed by atoms with van der Waals surface area (Å²) in [6.07, 6.45) is 2.52. The van der Waals surface area contributed by atoms with Gasteiger partial charge in [0.1, 0.15) is 0 Å². The van der Waals surface area contributed by atoms with Gasteiger partial charge in [-0.1, -0.05) is 24.3 Å². The van der Waals surface area contributed by atoms with Crippen molar-refractivity contribution in [3.63, 3.8) is 0 Å². The molecule has 2 atom stereocenters. The van der Waals surface area contributed by atoms with E-state index in [0.29, 0.717) is 12.0 Å². The number of aliphatic hydroxyl groups is 2. The summed E-state index contributed by atoms with van der Waals surface area (Å²) in [7, 11) is 0. The zero-order valence-corrected chi connectivity index (χ0v) is 13.9. The summed E-state index contributed by atoms with van der Waals surface area (Å²) in [5, 5.41) is 19.2. The molecule has 0 spiro atoms. The van der Waals surface area contributed by atoms with Gasteiger partial charge in [-0.3, -0.25) is 0 Å². The van der Waals surface area contributed by atoms with Gasteiger partial charge >= 0.3 is 31.1 Å². The Kier molecular flexibility index (Phi) is 6.59. The van der Waals surface area contributed by atoms with Crippen LogP contribution in [0.25, 0.3) is 0 Å². The minimum atomic E-state index is -0.925. The van der Waals surface area contributed by atoms with Crippen LogP contribution in [0.3, 0.4) is 0 Å². The van der Waals surface area contributed by atoms with Gasteiger partial charge in [0.15, 0.2) is 0 Å². The van der Waals surface area contributed by atoms with Gasteiger partial charge in [-0.05, 0) is 31.4 Å². The van der Waals surface area contributed by atoms with Gasteiger partial charge in [0.2, 0.25) is 0 Å². The van der Waals surface area contributed by atoms with E-state index in [1.807, 2.05) is 26.0 Å². The van der Waals surface area contributed by atoms with Crippen LogP contribution in [-0.4, -0.2) is 22.4 Å². The first kappa shape index (κ1) is 15.9. The predicted molar refractivity (Wildman–Crippen MR) is 61.1 cm³/mol. The maximum absolute atomic E-state index is 9.67. The molecule has 1 aliphatic carbocycles. The quantitative estimate of drug-likeness (QED) is 0.609. The normalized spacial score (nSPS) is 27.6. The van der Waals surface area contributed by atoms with Crippen LogP contribution in [0.4, 0.5) is 0 Å². The second-order valence-electron chi connectivity index (χ2n) is 4.08. The van der Waals surface area contributed by atoms with Crippen molar-refractivity contribution in [2.75, 3.05) is 0 Å². The van der Waals surface area contributed by atoms with E-state index in [1.165, 1.54) is 0 Å². The minimum absolute atomic E-state index is 0. The van der Waals surface area contributed by atoms with Crippen LogP contribution in [0, 0.1) is 37.7 Å². The molecular formula is C13H17O2U+. The van der Waals surface area contributed by atoms with Crippen LogP contribution in [-0.2, 0) is 0 Å². The summed E-state index contributed by atoms with van der Waals surface area (Å²) >= 11 is 0. The van der Waals surface area contributed by atoms with E-state index in [9.17, 15) is 10.2 Å². The molecule has 2 N–H and O–H groups in total. The molecule has 1 saturated carbocycles. The van der Waals surface area contributed by atoms with Crippen molar-refractivity contribution in [3.05, 3.63) is 47.6 Å². The fourth-order valence-electron chi connectivity index (χ4n) is 1.46. The summed E-state index contributed by atoms with van der Waals surface area (Å²) in [5.41, 5.74) is 2.77. The molecular weight excluding hydrogens is 426 g/mol. The molecule has 1 fully saturated rings. The van der Waals surface area contributed by atoms with Crippen LogP contribution >= 0.6 is 0 Å². The topological polar surface area (TPSA) is 40.5 Å². The first-order valence-electron chi connectivity index (χ1n) is 4.95. The molecule has 0 aliphatic heterocycles. The van der Waals surface area contributed by atoms with E-state index < -0.39 is 12.2 Å². The van der Waals surface area contributed by atoms with Crippen molar-refractivity contribution in [3.8, 4) is 0 Å². The molecule has 2 unspecified atom stereocenters. The van der Waals surface area contributed by atoms with Crippen molar-refractivity contribution < 1.29 is 41.3 Å². The fourth-order valence-corrected chi connectivity index (χ4v) is 1.46.